The van der Waals surface area contributed by atoms with Crippen LogP contribution in [0.3, 0.4) is 0 Å². The highest BCUT2D eigenvalue weighted by molar-refractivity contribution is 6.46. The highest BCUT2D eigenvalue weighted by Crippen LogP contribution is 2.39. The summed E-state index contributed by atoms with van der Waals surface area (Å²) < 4.78 is 0. The molecule has 1 amide bonds. The number of carbonyl (C=O) groups is 2. The van der Waals surface area contributed by atoms with Crippen LogP contribution >= 0.6 is 0 Å². The van der Waals surface area contributed by atoms with Gasteiger partial charge in [-0.3, -0.25) is 9.59 Å². The van der Waals surface area contributed by atoms with Crippen LogP contribution in [0, 0.1) is 13.8 Å². The molecule has 1 saturated heterocycles. The van der Waals surface area contributed by atoms with Gasteiger partial charge in [0.1, 0.15) is 5.76 Å². The van der Waals surface area contributed by atoms with Crippen LogP contribution in [0.5, 0.6) is 0 Å². The molecule has 156 valence electrons. The molecule has 3 aromatic carbocycles. The number of hydrogen-bond acceptors (Lipinski definition) is 3. The van der Waals surface area contributed by atoms with E-state index in [-0.39, 0.29) is 11.3 Å². The van der Waals surface area contributed by atoms with E-state index in [0.29, 0.717) is 18.5 Å². The van der Waals surface area contributed by atoms with Gasteiger partial charge in [-0.25, -0.2) is 0 Å². The summed E-state index contributed by atoms with van der Waals surface area (Å²) in [5, 5.41) is 11.1. The van der Waals surface area contributed by atoms with Crippen LogP contribution in [0.1, 0.15) is 33.9 Å². The number of Topliss-reactive ketones (excluding diaryl/α,β-unsaturated/α-hetero) is 1. The zero-order valence-electron chi connectivity index (χ0n) is 17.7. The number of amides is 1. The Morgan fingerprint density at radius 2 is 1.42 bits per heavy atom. The van der Waals surface area contributed by atoms with E-state index in [2.05, 4.69) is 0 Å². The molecule has 0 aliphatic carbocycles. The number of aliphatic hydroxyl groups excluding tert-OH is 1. The lowest BCUT2D eigenvalue weighted by Crippen LogP contribution is -2.31. The third kappa shape index (κ3) is 4.15. The van der Waals surface area contributed by atoms with Crippen LogP contribution in [0.15, 0.2) is 84.4 Å². The number of carbonyl (C=O) groups excluding carboxylic acids is 2. The second kappa shape index (κ2) is 8.60. The maximum absolute atomic E-state index is 13.1. The van der Waals surface area contributed by atoms with Gasteiger partial charge in [-0.05, 0) is 31.4 Å². The Bertz CT molecular complexity index is 1130. The molecule has 1 N–H and O–H groups in total. The molecule has 0 radical (unpaired) electrons. The second-order valence-corrected chi connectivity index (χ2v) is 8.00. The minimum absolute atomic E-state index is 0.133. The van der Waals surface area contributed by atoms with Gasteiger partial charge >= 0.3 is 0 Å². The summed E-state index contributed by atoms with van der Waals surface area (Å²) in [5.41, 5.74) is 4.71. The number of aryl methyl sites for hydroxylation is 2. The summed E-state index contributed by atoms with van der Waals surface area (Å²) in [6, 6.07) is 24.3. The van der Waals surface area contributed by atoms with Crippen molar-refractivity contribution in [2.24, 2.45) is 0 Å². The molecular weight excluding hydrogens is 386 g/mol. The fourth-order valence-electron chi connectivity index (χ4n) is 3.97. The minimum Gasteiger partial charge on any atom is -0.507 e. The van der Waals surface area contributed by atoms with E-state index in [4.69, 9.17) is 0 Å². The number of ketones is 1. The van der Waals surface area contributed by atoms with Crippen LogP contribution < -0.4 is 0 Å². The normalized spacial score (nSPS) is 17.9. The first-order valence-corrected chi connectivity index (χ1v) is 10.4. The smallest absolute Gasteiger partial charge is 0.295 e. The Hall–Kier alpha value is -3.66. The van der Waals surface area contributed by atoms with Gasteiger partial charge in [-0.2, -0.15) is 0 Å². The molecule has 1 aliphatic rings. The van der Waals surface area contributed by atoms with Crippen LogP contribution in [0.2, 0.25) is 0 Å². The zero-order chi connectivity index (χ0) is 22.0. The lowest BCUT2D eigenvalue weighted by Gasteiger charge is -2.25. The quantitative estimate of drug-likeness (QED) is 0.366. The number of rotatable bonds is 5. The van der Waals surface area contributed by atoms with Crippen molar-refractivity contribution < 1.29 is 14.7 Å². The maximum atomic E-state index is 13.1. The molecule has 3 aromatic rings. The molecule has 1 atom stereocenters. The van der Waals surface area contributed by atoms with E-state index in [9.17, 15) is 14.7 Å². The Morgan fingerprint density at radius 3 is 2.03 bits per heavy atom. The molecule has 0 spiro atoms. The Morgan fingerprint density at radius 1 is 0.839 bits per heavy atom. The molecule has 4 nitrogen and oxygen atoms in total. The molecule has 31 heavy (non-hydrogen) atoms. The molecule has 0 bridgehead atoms. The first kappa shape index (κ1) is 20.6. The van der Waals surface area contributed by atoms with Crippen LogP contribution in [-0.4, -0.2) is 28.2 Å². The summed E-state index contributed by atoms with van der Waals surface area (Å²) in [4.78, 5) is 27.6. The summed E-state index contributed by atoms with van der Waals surface area (Å²) in [5.74, 6) is -1.35. The SMILES string of the molecule is Cc1ccc(C(O)=C2C(=O)C(=O)N(CCc3ccccc3)[C@H]2c2ccc(C)cc2)cc1. The van der Waals surface area contributed by atoms with E-state index in [1.165, 1.54) is 0 Å². The van der Waals surface area contributed by atoms with Crippen molar-refractivity contribution in [3.63, 3.8) is 0 Å². The van der Waals surface area contributed by atoms with E-state index < -0.39 is 17.7 Å². The molecule has 1 fully saturated rings. The molecular formula is C27H25NO3. The van der Waals surface area contributed by atoms with Crippen molar-refractivity contribution in [2.45, 2.75) is 26.3 Å². The van der Waals surface area contributed by atoms with E-state index in [1.807, 2.05) is 80.6 Å². The second-order valence-electron chi connectivity index (χ2n) is 8.00. The van der Waals surface area contributed by atoms with Gasteiger partial charge in [0.15, 0.2) is 0 Å². The van der Waals surface area contributed by atoms with Crippen molar-refractivity contribution in [2.75, 3.05) is 6.54 Å². The lowest BCUT2D eigenvalue weighted by molar-refractivity contribution is -0.139. The summed E-state index contributed by atoms with van der Waals surface area (Å²) in [7, 11) is 0. The third-order valence-corrected chi connectivity index (χ3v) is 5.74. The molecule has 0 saturated carbocycles. The van der Waals surface area contributed by atoms with Crippen LogP contribution in [0.25, 0.3) is 5.76 Å². The summed E-state index contributed by atoms with van der Waals surface area (Å²) in [6.07, 6.45) is 0.626. The molecule has 4 rings (SSSR count). The van der Waals surface area contributed by atoms with Gasteiger partial charge in [0, 0.05) is 12.1 Å². The number of aliphatic hydroxyl groups is 1. The average Bonchev–Trinajstić information content (AvgIpc) is 3.04. The van der Waals surface area contributed by atoms with Crippen LogP contribution in [-0.2, 0) is 16.0 Å². The maximum Gasteiger partial charge on any atom is 0.295 e. The number of hydrogen-bond donors (Lipinski definition) is 1. The topological polar surface area (TPSA) is 57.6 Å². The van der Waals surface area contributed by atoms with Gasteiger partial charge < -0.3 is 10.0 Å². The minimum atomic E-state index is -0.642. The number of benzene rings is 3. The third-order valence-electron chi connectivity index (χ3n) is 5.74. The van der Waals surface area contributed by atoms with Crippen molar-refractivity contribution in [3.05, 3.63) is 112 Å². The Labute approximate surface area is 182 Å². The van der Waals surface area contributed by atoms with Gasteiger partial charge in [0.2, 0.25) is 0 Å². The van der Waals surface area contributed by atoms with Gasteiger partial charge in [-0.15, -0.1) is 0 Å². The number of likely N-dealkylation sites (tertiary alicyclic amines) is 1. The van der Waals surface area contributed by atoms with Crippen LogP contribution in [0.4, 0.5) is 0 Å². The molecule has 1 aliphatic heterocycles. The van der Waals surface area contributed by atoms with Gasteiger partial charge in [0.25, 0.3) is 11.7 Å². The fourth-order valence-corrected chi connectivity index (χ4v) is 3.97. The average molecular weight is 412 g/mol. The first-order chi connectivity index (χ1) is 15.0. The first-order valence-electron chi connectivity index (χ1n) is 10.4. The monoisotopic (exact) mass is 411 g/mol. The largest absolute Gasteiger partial charge is 0.507 e. The standard InChI is InChI=1S/C27H25NO3/c1-18-8-12-21(13-9-18)24-23(25(29)22-14-10-19(2)11-15-22)26(30)27(31)28(24)17-16-20-6-4-3-5-7-20/h3-15,24,29H,16-17H2,1-2H3/t24-/m0/s1. The van der Waals surface area contributed by atoms with Gasteiger partial charge in [0.05, 0.1) is 11.6 Å². The Kier molecular flexibility index (Phi) is 5.72. The molecule has 1 heterocycles. The summed E-state index contributed by atoms with van der Waals surface area (Å²) in [6.45, 7) is 4.33. The summed E-state index contributed by atoms with van der Waals surface area (Å²) >= 11 is 0. The molecule has 0 unspecified atom stereocenters. The highest BCUT2D eigenvalue weighted by Gasteiger charge is 2.45. The van der Waals surface area contributed by atoms with E-state index in [0.717, 1.165) is 22.3 Å². The lowest BCUT2D eigenvalue weighted by atomic mass is 9.94. The van der Waals surface area contributed by atoms with E-state index >= 15 is 0 Å². The highest BCUT2D eigenvalue weighted by atomic mass is 16.3. The Balaban J connectivity index is 1.78. The molecule has 0 aromatic heterocycles. The van der Waals surface area contributed by atoms with E-state index in [1.54, 1.807) is 17.0 Å². The fraction of sp³-hybridized carbons (Fsp3) is 0.185. The molecule has 4 heteroatoms. The predicted molar refractivity (Wildman–Crippen MR) is 122 cm³/mol. The van der Waals surface area contributed by atoms with Crippen molar-refractivity contribution >= 4 is 17.4 Å². The number of nitrogens with zero attached hydrogens (tertiary/aromatic N) is 1. The van der Waals surface area contributed by atoms with Crippen molar-refractivity contribution in [3.8, 4) is 0 Å². The zero-order valence-corrected chi connectivity index (χ0v) is 17.7. The van der Waals surface area contributed by atoms with Crippen molar-refractivity contribution in [1.29, 1.82) is 0 Å². The van der Waals surface area contributed by atoms with Gasteiger partial charge in [-0.1, -0.05) is 90.0 Å². The van der Waals surface area contributed by atoms with Crippen molar-refractivity contribution in [1.82, 2.24) is 4.90 Å². The predicted octanol–water partition coefficient (Wildman–Crippen LogP) is 4.97.